The van der Waals surface area contributed by atoms with Gasteiger partial charge < -0.3 is 19.3 Å². The zero-order valence-corrected chi connectivity index (χ0v) is 35.0. The fourth-order valence-corrected chi connectivity index (χ4v) is 12.1. The molecule has 0 N–H and O–H groups in total. The first kappa shape index (κ1) is 35.0. The van der Waals surface area contributed by atoms with Crippen LogP contribution in [-0.2, 0) is 5.41 Å². The van der Waals surface area contributed by atoms with Gasteiger partial charge in [-0.25, -0.2) is 0 Å². The van der Waals surface area contributed by atoms with E-state index in [1.54, 1.807) is 0 Å². The Morgan fingerprint density at radius 1 is 0.661 bits per heavy atom. The van der Waals surface area contributed by atoms with Gasteiger partial charge in [-0.3, -0.25) is 0 Å². The van der Waals surface area contributed by atoms with Crippen molar-refractivity contribution in [2.45, 2.75) is 45.0 Å². The Kier molecular flexibility index (Phi) is 7.70. The molecule has 0 saturated heterocycles. The molecule has 0 spiro atoms. The van der Waals surface area contributed by atoms with Gasteiger partial charge in [0.05, 0.1) is 11.7 Å². The van der Waals surface area contributed by atoms with Crippen molar-refractivity contribution < 1.29 is 9.47 Å². The molecule has 12 rings (SSSR count). The van der Waals surface area contributed by atoms with E-state index < -0.39 is 0 Å². The minimum Gasteiger partial charge on any atom is -0.454 e. The van der Waals surface area contributed by atoms with Gasteiger partial charge in [0.1, 0.15) is 0 Å². The van der Waals surface area contributed by atoms with Crippen LogP contribution in [0.2, 0.25) is 5.82 Å². The highest BCUT2D eigenvalue weighted by molar-refractivity contribution is 7.22. The maximum absolute atomic E-state index is 6.42. The van der Waals surface area contributed by atoms with Crippen LogP contribution in [0.3, 0.4) is 0 Å². The predicted octanol–water partition coefficient (Wildman–Crippen LogP) is 13.0. The van der Waals surface area contributed by atoms with Crippen molar-refractivity contribution in [1.82, 2.24) is 0 Å². The van der Waals surface area contributed by atoms with Gasteiger partial charge in [0.2, 0.25) is 13.5 Å². The van der Waals surface area contributed by atoms with Crippen LogP contribution in [0.25, 0.3) is 41.1 Å². The van der Waals surface area contributed by atoms with Crippen molar-refractivity contribution in [2.75, 3.05) is 16.6 Å². The number of thiophene rings is 2. The van der Waals surface area contributed by atoms with Gasteiger partial charge in [-0.05, 0) is 112 Å². The zero-order valence-electron chi connectivity index (χ0n) is 33.4. The van der Waals surface area contributed by atoms with Crippen LogP contribution in [0.4, 0.5) is 22.7 Å². The highest BCUT2D eigenvalue weighted by Gasteiger charge is 2.53. The molecule has 6 aromatic carbocycles. The summed E-state index contributed by atoms with van der Waals surface area (Å²) in [6.07, 6.45) is 4.94. The molecule has 0 bridgehead atoms. The van der Waals surface area contributed by atoms with Crippen LogP contribution in [0.1, 0.15) is 33.3 Å². The predicted molar refractivity (Wildman–Crippen MR) is 251 cm³/mol. The quantitative estimate of drug-likeness (QED) is 0.166. The van der Waals surface area contributed by atoms with E-state index >= 15 is 0 Å². The molecule has 3 aliphatic heterocycles. The number of fused-ring (bicyclic) bond motifs is 8. The minimum atomic E-state index is 0.0396. The Balaban J connectivity index is 1.10. The zero-order chi connectivity index (χ0) is 39.6. The summed E-state index contributed by atoms with van der Waals surface area (Å²) in [7, 11) is 0. The topological polar surface area (TPSA) is 24.9 Å². The summed E-state index contributed by atoms with van der Waals surface area (Å²) in [5.41, 5.74) is 13.6. The van der Waals surface area contributed by atoms with E-state index in [0.717, 1.165) is 22.9 Å². The first-order valence-electron chi connectivity index (χ1n) is 20.5. The van der Waals surface area contributed by atoms with Crippen LogP contribution >= 0.6 is 22.7 Å². The third-order valence-corrected chi connectivity index (χ3v) is 15.0. The van der Waals surface area contributed by atoms with E-state index in [9.17, 15) is 0 Å². The molecule has 286 valence electrons. The maximum atomic E-state index is 6.42. The number of allylic oxidation sites excluding steroid dienone is 2. The van der Waals surface area contributed by atoms with Crippen molar-refractivity contribution in [3.8, 4) is 32.4 Å². The summed E-state index contributed by atoms with van der Waals surface area (Å²) in [4.78, 5) is 7.70. The first-order valence-corrected chi connectivity index (χ1v) is 22.1. The molecule has 2 aromatic heterocycles. The van der Waals surface area contributed by atoms with Crippen LogP contribution in [-0.4, -0.2) is 19.5 Å². The lowest BCUT2D eigenvalue weighted by atomic mass is 9.28. The number of hydrogen-bond acceptors (Lipinski definition) is 6. The lowest BCUT2D eigenvalue weighted by molar-refractivity contribution is 0.174. The van der Waals surface area contributed by atoms with E-state index in [-0.39, 0.29) is 30.8 Å². The molecule has 7 heteroatoms. The van der Waals surface area contributed by atoms with Crippen LogP contribution < -0.4 is 30.2 Å². The van der Waals surface area contributed by atoms with Crippen molar-refractivity contribution in [3.63, 3.8) is 0 Å². The van der Waals surface area contributed by atoms with Gasteiger partial charge >= 0.3 is 0 Å². The van der Waals surface area contributed by atoms with E-state index in [2.05, 4.69) is 189 Å². The molecular formula is C52H41BN2O2S2. The number of benzene rings is 6. The van der Waals surface area contributed by atoms with E-state index in [1.165, 1.54) is 80.2 Å². The lowest BCUT2D eigenvalue weighted by Crippen LogP contribution is -2.63. The van der Waals surface area contributed by atoms with E-state index in [1.807, 2.05) is 22.7 Å². The van der Waals surface area contributed by atoms with Gasteiger partial charge in [0, 0.05) is 47.7 Å². The maximum Gasteiger partial charge on any atom is 0.231 e. The van der Waals surface area contributed by atoms with Gasteiger partial charge in [-0.1, -0.05) is 117 Å². The van der Waals surface area contributed by atoms with Crippen molar-refractivity contribution in [1.29, 1.82) is 0 Å². The molecule has 2 atom stereocenters. The molecule has 0 radical (unpaired) electrons. The summed E-state index contributed by atoms with van der Waals surface area (Å²) in [6, 6.07) is 52.3. The van der Waals surface area contributed by atoms with Gasteiger partial charge in [-0.2, -0.15) is 0 Å². The van der Waals surface area contributed by atoms with Crippen molar-refractivity contribution in [2.24, 2.45) is 0 Å². The summed E-state index contributed by atoms with van der Waals surface area (Å²) in [5.74, 6) is 1.74. The third kappa shape index (κ3) is 5.48. The summed E-state index contributed by atoms with van der Waals surface area (Å²) < 4.78 is 15.1. The molecule has 0 saturated carbocycles. The molecule has 4 nitrogen and oxygen atoms in total. The van der Waals surface area contributed by atoms with Gasteiger partial charge in [0.25, 0.3) is 0 Å². The minimum absolute atomic E-state index is 0.0396. The van der Waals surface area contributed by atoms with Gasteiger partial charge in [-0.15, -0.1) is 22.7 Å². The fraction of sp³-hybridized carbons (Fsp3) is 0.154. The van der Waals surface area contributed by atoms with Crippen LogP contribution in [0, 0.1) is 0 Å². The van der Waals surface area contributed by atoms with E-state index in [4.69, 9.17) is 9.47 Å². The number of ether oxygens (including phenoxy) is 2. The second kappa shape index (κ2) is 13.0. The van der Waals surface area contributed by atoms with Crippen molar-refractivity contribution in [3.05, 3.63) is 169 Å². The molecule has 8 aromatic rings. The summed E-state index contributed by atoms with van der Waals surface area (Å²) >= 11 is 3.73. The Hall–Kier alpha value is -6.02. The number of anilines is 4. The van der Waals surface area contributed by atoms with Crippen LogP contribution in [0.15, 0.2) is 163 Å². The molecular weight excluding hydrogens is 760 g/mol. The Bertz CT molecular complexity index is 3010. The first-order chi connectivity index (χ1) is 28.8. The smallest absolute Gasteiger partial charge is 0.231 e. The highest BCUT2D eigenvalue weighted by atomic mass is 32.1. The average molecular weight is 801 g/mol. The fourth-order valence-electron chi connectivity index (χ4n) is 9.97. The molecule has 5 heterocycles. The SMILES string of the molecule is CC1=CC2C3B(c4ccc(-c5cc6ccccc6s5)cc4N2c2cccc(-c4cc5ccccc5s4)c2)c2ccc4c(c2N(c2ccc(C(C)(C)C)cc2)C3=C1)OCO4. The molecule has 59 heavy (non-hydrogen) atoms. The molecule has 0 amide bonds. The normalized spacial score (nSPS) is 17.8. The number of nitrogens with zero attached hydrogens (tertiary/aromatic N) is 2. The van der Waals surface area contributed by atoms with Crippen LogP contribution in [0.5, 0.6) is 11.5 Å². The molecule has 2 unspecified atom stereocenters. The number of hydrogen-bond donors (Lipinski definition) is 0. The Morgan fingerprint density at radius 3 is 2.07 bits per heavy atom. The second-order valence-corrected chi connectivity index (χ2v) is 19.5. The Labute approximate surface area is 353 Å². The lowest BCUT2D eigenvalue weighted by Gasteiger charge is -2.53. The molecule has 0 fully saturated rings. The van der Waals surface area contributed by atoms with Gasteiger partial charge in [0.15, 0.2) is 11.5 Å². The van der Waals surface area contributed by atoms with Crippen molar-refractivity contribution >= 4 is 83.2 Å². The number of rotatable bonds is 4. The molecule has 4 aliphatic rings. The largest absolute Gasteiger partial charge is 0.454 e. The third-order valence-electron chi connectivity index (χ3n) is 12.7. The highest BCUT2D eigenvalue weighted by Crippen LogP contribution is 2.55. The van der Waals surface area contributed by atoms with E-state index in [0.29, 0.717) is 0 Å². The second-order valence-electron chi connectivity index (χ2n) is 17.3. The monoisotopic (exact) mass is 800 g/mol. The molecule has 1 aliphatic carbocycles. The Morgan fingerprint density at radius 2 is 1.36 bits per heavy atom. The standard InChI is InChI=1S/C52H41BN2O2S2/c1-31-24-42-49-43(25-31)55(37-19-17-36(18-20-37)52(2,3)4)50-40(22-23-44-51(50)57-30-56-44)53(49)39-21-16-35(48-29-34-11-6-8-15-46(34)59-48)27-41(39)54(42)38-13-9-12-32(26-38)47-28-33-10-5-7-14-45(33)58-47/h5-29,42,49H,30H2,1-4H3. The summed E-state index contributed by atoms with van der Waals surface area (Å²) in [6.45, 7) is 9.39. The average Bonchev–Trinajstić information content (AvgIpc) is 4.02. The summed E-state index contributed by atoms with van der Waals surface area (Å²) in [5, 5.41) is 2.57.